The molecule has 1 aliphatic heterocycles. The molecule has 1 saturated heterocycles. The van der Waals surface area contributed by atoms with Gasteiger partial charge in [0, 0.05) is 30.6 Å². The summed E-state index contributed by atoms with van der Waals surface area (Å²) in [6.07, 6.45) is 5.36. The number of rotatable bonds is 2. The lowest BCUT2D eigenvalue weighted by Gasteiger charge is -2.47. The smallest absolute Gasteiger partial charge is 0.0992 e. The van der Waals surface area contributed by atoms with Crippen LogP contribution in [0.2, 0.25) is 5.02 Å². The summed E-state index contributed by atoms with van der Waals surface area (Å²) >= 11 is 6.26. The van der Waals surface area contributed by atoms with E-state index in [0.29, 0.717) is 16.5 Å². The molecule has 2 fully saturated rings. The van der Waals surface area contributed by atoms with E-state index in [9.17, 15) is 5.11 Å². The van der Waals surface area contributed by atoms with Gasteiger partial charge in [-0.15, -0.1) is 0 Å². The second kappa shape index (κ2) is 5.96. The average molecular weight is 305 g/mol. The lowest BCUT2D eigenvalue weighted by Crippen LogP contribution is -2.52. The molecule has 0 amide bonds. The van der Waals surface area contributed by atoms with Gasteiger partial charge in [-0.3, -0.25) is 4.90 Å². The molecule has 2 unspecified atom stereocenters. The monoisotopic (exact) mass is 304 g/mol. The number of piperidine rings is 1. The van der Waals surface area contributed by atoms with Crippen molar-refractivity contribution in [3.63, 3.8) is 0 Å². The summed E-state index contributed by atoms with van der Waals surface area (Å²) in [5.74, 6) is 0.400. The van der Waals surface area contributed by atoms with E-state index in [-0.39, 0.29) is 0 Å². The van der Waals surface area contributed by atoms with E-state index in [4.69, 9.17) is 16.9 Å². The summed E-state index contributed by atoms with van der Waals surface area (Å²) in [4.78, 5) is 2.39. The van der Waals surface area contributed by atoms with Crippen molar-refractivity contribution in [2.24, 2.45) is 5.92 Å². The van der Waals surface area contributed by atoms with Crippen LogP contribution in [0.1, 0.15) is 43.2 Å². The lowest BCUT2D eigenvalue weighted by molar-refractivity contribution is -0.0967. The molecule has 4 heteroatoms. The highest BCUT2D eigenvalue weighted by Crippen LogP contribution is 2.40. The minimum absolute atomic E-state index is 0.400. The highest BCUT2D eigenvalue weighted by Gasteiger charge is 2.42. The molecule has 1 aromatic carbocycles. The molecule has 3 rings (SSSR count). The molecule has 2 atom stereocenters. The van der Waals surface area contributed by atoms with Crippen molar-refractivity contribution in [2.75, 3.05) is 13.1 Å². The number of likely N-dealkylation sites (tertiary alicyclic amines) is 1. The largest absolute Gasteiger partial charge is 0.390 e. The Morgan fingerprint density at radius 2 is 2.24 bits per heavy atom. The maximum absolute atomic E-state index is 10.7. The Labute approximate surface area is 131 Å². The van der Waals surface area contributed by atoms with Crippen LogP contribution >= 0.6 is 11.6 Å². The summed E-state index contributed by atoms with van der Waals surface area (Å²) in [5, 5.41) is 20.3. The van der Waals surface area contributed by atoms with Crippen molar-refractivity contribution in [3.8, 4) is 6.07 Å². The maximum atomic E-state index is 10.7. The molecule has 0 bridgehead atoms. The molecular formula is C17H21ClN2O. The van der Waals surface area contributed by atoms with Crippen molar-refractivity contribution in [1.29, 1.82) is 5.26 Å². The van der Waals surface area contributed by atoms with Gasteiger partial charge in [0.1, 0.15) is 0 Å². The van der Waals surface area contributed by atoms with Crippen molar-refractivity contribution in [2.45, 2.75) is 44.2 Å². The number of halogens is 1. The van der Waals surface area contributed by atoms with Crippen LogP contribution in [0.25, 0.3) is 0 Å². The zero-order chi connectivity index (χ0) is 14.9. The highest BCUT2D eigenvalue weighted by atomic mass is 35.5. The van der Waals surface area contributed by atoms with Crippen LogP contribution in [0.4, 0.5) is 0 Å². The molecule has 21 heavy (non-hydrogen) atoms. The van der Waals surface area contributed by atoms with Gasteiger partial charge in [0.05, 0.1) is 17.2 Å². The zero-order valence-corrected chi connectivity index (χ0v) is 12.9. The zero-order valence-electron chi connectivity index (χ0n) is 12.2. The molecule has 0 aromatic heterocycles. The third kappa shape index (κ3) is 3.08. The van der Waals surface area contributed by atoms with E-state index in [1.165, 1.54) is 6.42 Å². The third-order valence-electron chi connectivity index (χ3n) is 5.09. The van der Waals surface area contributed by atoms with E-state index in [2.05, 4.69) is 11.0 Å². The second-order valence-electron chi connectivity index (χ2n) is 6.45. The van der Waals surface area contributed by atoms with Crippen LogP contribution in [-0.4, -0.2) is 28.7 Å². The Hall–Kier alpha value is -1.08. The Morgan fingerprint density at radius 1 is 1.38 bits per heavy atom. The predicted molar refractivity (Wildman–Crippen MR) is 83.0 cm³/mol. The molecule has 0 spiro atoms. The molecule has 1 N–H and O–H groups in total. The van der Waals surface area contributed by atoms with Crippen LogP contribution in [0.15, 0.2) is 18.2 Å². The fourth-order valence-corrected chi connectivity index (χ4v) is 4.01. The van der Waals surface area contributed by atoms with E-state index in [1.54, 1.807) is 6.07 Å². The van der Waals surface area contributed by atoms with Gasteiger partial charge in [0.25, 0.3) is 0 Å². The van der Waals surface area contributed by atoms with Gasteiger partial charge in [-0.1, -0.05) is 30.5 Å². The Kier molecular flexibility index (Phi) is 4.21. The van der Waals surface area contributed by atoms with Crippen LogP contribution < -0.4 is 0 Å². The molecule has 112 valence electrons. The average Bonchev–Trinajstić information content (AvgIpc) is 2.49. The minimum Gasteiger partial charge on any atom is -0.390 e. The van der Waals surface area contributed by atoms with Gasteiger partial charge in [0.2, 0.25) is 0 Å². The molecule has 1 aliphatic carbocycles. The number of benzene rings is 1. The van der Waals surface area contributed by atoms with Crippen molar-refractivity contribution < 1.29 is 5.11 Å². The molecule has 1 saturated carbocycles. The minimum atomic E-state index is -0.427. The third-order valence-corrected chi connectivity index (χ3v) is 5.44. The Balaban J connectivity index is 1.68. The lowest BCUT2D eigenvalue weighted by atomic mass is 9.71. The number of hydrogen-bond acceptors (Lipinski definition) is 3. The van der Waals surface area contributed by atoms with Crippen molar-refractivity contribution in [3.05, 3.63) is 34.3 Å². The first-order valence-corrected chi connectivity index (χ1v) is 8.12. The highest BCUT2D eigenvalue weighted by molar-refractivity contribution is 6.31. The van der Waals surface area contributed by atoms with E-state index in [1.807, 2.05) is 12.1 Å². The molecule has 0 radical (unpaired) electrons. The summed E-state index contributed by atoms with van der Waals surface area (Å²) in [5.41, 5.74) is 1.24. The van der Waals surface area contributed by atoms with Gasteiger partial charge in [0.15, 0.2) is 0 Å². The normalized spacial score (nSPS) is 29.7. The molecule has 3 nitrogen and oxygen atoms in total. The standard InChI is InChI=1S/C17H21ClN2O/c18-16-9-13(10-19)4-5-14(16)11-20-8-7-17(21)6-2-1-3-15(17)12-20/h4-5,9,15,21H,1-3,6-8,11-12H2. The SMILES string of the molecule is N#Cc1ccc(CN2CCC3(O)CCCCC3C2)c(Cl)c1. The summed E-state index contributed by atoms with van der Waals surface area (Å²) in [7, 11) is 0. The number of hydrogen-bond donors (Lipinski definition) is 1. The summed E-state index contributed by atoms with van der Waals surface area (Å²) in [6, 6.07) is 7.61. The van der Waals surface area contributed by atoms with Gasteiger partial charge in [-0.25, -0.2) is 0 Å². The fourth-order valence-electron chi connectivity index (χ4n) is 3.77. The predicted octanol–water partition coefficient (Wildman–Crippen LogP) is 3.34. The van der Waals surface area contributed by atoms with Gasteiger partial charge in [-0.2, -0.15) is 5.26 Å². The summed E-state index contributed by atoms with van der Waals surface area (Å²) < 4.78 is 0. The van der Waals surface area contributed by atoms with Gasteiger partial charge >= 0.3 is 0 Å². The fraction of sp³-hybridized carbons (Fsp3) is 0.588. The number of fused-ring (bicyclic) bond motifs is 1. The first-order valence-electron chi connectivity index (χ1n) is 7.74. The topological polar surface area (TPSA) is 47.3 Å². The molecule has 1 aromatic rings. The summed E-state index contributed by atoms with van der Waals surface area (Å²) in [6.45, 7) is 2.67. The second-order valence-corrected chi connectivity index (χ2v) is 6.86. The number of nitrogens with zero attached hydrogens (tertiary/aromatic N) is 2. The van der Waals surface area contributed by atoms with Crippen LogP contribution in [0.3, 0.4) is 0 Å². The Morgan fingerprint density at radius 3 is 3.00 bits per heavy atom. The van der Waals surface area contributed by atoms with Crippen molar-refractivity contribution >= 4 is 11.6 Å². The molecule has 1 heterocycles. The van der Waals surface area contributed by atoms with Gasteiger partial charge < -0.3 is 5.11 Å². The van der Waals surface area contributed by atoms with Crippen LogP contribution in [-0.2, 0) is 6.54 Å². The Bertz CT molecular complexity index is 568. The first-order chi connectivity index (χ1) is 10.1. The van der Waals surface area contributed by atoms with E-state index >= 15 is 0 Å². The van der Waals surface area contributed by atoms with Crippen molar-refractivity contribution in [1.82, 2.24) is 4.90 Å². The van der Waals surface area contributed by atoms with Crippen LogP contribution in [0, 0.1) is 17.2 Å². The van der Waals surface area contributed by atoms with E-state index < -0.39 is 5.60 Å². The quantitative estimate of drug-likeness (QED) is 0.911. The maximum Gasteiger partial charge on any atom is 0.0992 e. The number of nitriles is 1. The van der Waals surface area contributed by atoms with Crippen LogP contribution in [0.5, 0.6) is 0 Å². The van der Waals surface area contributed by atoms with Gasteiger partial charge in [-0.05, 0) is 37.0 Å². The number of aliphatic hydroxyl groups is 1. The molecular weight excluding hydrogens is 284 g/mol. The van der Waals surface area contributed by atoms with E-state index in [0.717, 1.165) is 50.9 Å². The first kappa shape index (κ1) is 14.8. The molecule has 2 aliphatic rings.